The fourth-order valence-electron chi connectivity index (χ4n) is 2.59. The molecule has 3 heterocycles. The normalized spacial score (nSPS) is 26.0. The second-order valence-corrected chi connectivity index (χ2v) is 5.03. The maximum Gasteiger partial charge on any atom is 0.244 e. The van der Waals surface area contributed by atoms with Gasteiger partial charge in [-0.25, -0.2) is 0 Å². The number of nitrogens with one attached hydrogen (secondary N) is 2. The summed E-state index contributed by atoms with van der Waals surface area (Å²) in [6.45, 7) is 5.77. The molecule has 0 aliphatic carbocycles. The third-order valence-electron chi connectivity index (χ3n) is 3.66. The molecule has 2 aliphatic rings. The molecule has 0 spiro atoms. The molecular formula is C12H21N5O. The van der Waals surface area contributed by atoms with E-state index in [2.05, 4.69) is 25.4 Å². The standard InChI is InChI=1S/C12H21N5O/c1-3-10(9-18-8-1)11-14-12(16-15-11)17-6-2-4-13-5-7-17/h10,13H,1-9H2,(H,14,15,16). The van der Waals surface area contributed by atoms with Crippen LogP contribution < -0.4 is 10.2 Å². The van der Waals surface area contributed by atoms with Gasteiger partial charge in [-0.3, -0.25) is 5.10 Å². The van der Waals surface area contributed by atoms with Crippen molar-refractivity contribution in [1.29, 1.82) is 0 Å². The largest absolute Gasteiger partial charge is 0.381 e. The van der Waals surface area contributed by atoms with Crippen LogP contribution in [0.3, 0.4) is 0 Å². The molecular weight excluding hydrogens is 230 g/mol. The molecule has 1 atom stereocenters. The SMILES string of the molecule is C1COCC(c2nc(N3CCCNCC3)n[nH]2)C1. The second-order valence-electron chi connectivity index (χ2n) is 5.03. The van der Waals surface area contributed by atoms with Gasteiger partial charge in [0, 0.05) is 32.2 Å². The summed E-state index contributed by atoms with van der Waals surface area (Å²) in [4.78, 5) is 6.90. The number of H-pyrrole nitrogens is 1. The molecule has 2 fully saturated rings. The number of rotatable bonds is 2. The second kappa shape index (κ2) is 5.67. The van der Waals surface area contributed by atoms with Crippen LogP contribution in [0.15, 0.2) is 0 Å². The Kier molecular flexibility index (Phi) is 3.75. The van der Waals surface area contributed by atoms with E-state index in [1.54, 1.807) is 0 Å². The van der Waals surface area contributed by atoms with Gasteiger partial charge in [0.15, 0.2) is 0 Å². The van der Waals surface area contributed by atoms with E-state index in [0.717, 1.165) is 70.4 Å². The van der Waals surface area contributed by atoms with Gasteiger partial charge in [0.05, 0.1) is 6.61 Å². The lowest BCUT2D eigenvalue weighted by molar-refractivity contribution is 0.0781. The smallest absolute Gasteiger partial charge is 0.244 e. The van der Waals surface area contributed by atoms with E-state index in [9.17, 15) is 0 Å². The molecule has 2 saturated heterocycles. The Balaban J connectivity index is 1.67. The third kappa shape index (κ3) is 2.64. The minimum Gasteiger partial charge on any atom is -0.381 e. The van der Waals surface area contributed by atoms with Crippen molar-refractivity contribution in [2.24, 2.45) is 0 Å². The number of hydrogen-bond donors (Lipinski definition) is 2. The molecule has 100 valence electrons. The van der Waals surface area contributed by atoms with Gasteiger partial charge in [-0.2, -0.15) is 4.98 Å². The maximum atomic E-state index is 5.50. The molecule has 2 N–H and O–H groups in total. The first-order valence-corrected chi connectivity index (χ1v) is 6.89. The zero-order chi connectivity index (χ0) is 12.2. The fraction of sp³-hybridized carbons (Fsp3) is 0.833. The van der Waals surface area contributed by atoms with Crippen LogP contribution in [0.1, 0.15) is 31.0 Å². The quantitative estimate of drug-likeness (QED) is 0.801. The van der Waals surface area contributed by atoms with Crippen molar-refractivity contribution >= 4 is 5.95 Å². The van der Waals surface area contributed by atoms with Crippen molar-refractivity contribution in [2.45, 2.75) is 25.2 Å². The molecule has 0 bridgehead atoms. The predicted molar refractivity (Wildman–Crippen MR) is 68.9 cm³/mol. The Bertz CT molecular complexity index is 366. The van der Waals surface area contributed by atoms with Gasteiger partial charge in [-0.05, 0) is 25.8 Å². The number of anilines is 1. The zero-order valence-corrected chi connectivity index (χ0v) is 10.7. The van der Waals surface area contributed by atoms with Crippen molar-refractivity contribution in [1.82, 2.24) is 20.5 Å². The van der Waals surface area contributed by atoms with E-state index in [0.29, 0.717) is 5.92 Å². The van der Waals surface area contributed by atoms with Crippen molar-refractivity contribution < 1.29 is 4.74 Å². The summed E-state index contributed by atoms with van der Waals surface area (Å²) in [5.74, 6) is 2.23. The molecule has 0 amide bonds. The van der Waals surface area contributed by atoms with Gasteiger partial charge in [0.25, 0.3) is 0 Å². The highest BCUT2D eigenvalue weighted by atomic mass is 16.5. The average molecular weight is 251 g/mol. The summed E-state index contributed by atoms with van der Waals surface area (Å²) < 4.78 is 5.50. The Morgan fingerprint density at radius 2 is 2.22 bits per heavy atom. The Morgan fingerprint density at radius 3 is 3.11 bits per heavy atom. The van der Waals surface area contributed by atoms with E-state index in [1.807, 2.05) is 0 Å². The number of aromatic amines is 1. The molecule has 1 aromatic heterocycles. The van der Waals surface area contributed by atoms with E-state index in [-0.39, 0.29) is 0 Å². The molecule has 1 unspecified atom stereocenters. The van der Waals surface area contributed by atoms with Crippen LogP contribution in [-0.2, 0) is 4.74 Å². The highest BCUT2D eigenvalue weighted by Crippen LogP contribution is 2.23. The maximum absolute atomic E-state index is 5.50. The highest BCUT2D eigenvalue weighted by Gasteiger charge is 2.21. The third-order valence-corrected chi connectivity index (χ3v) is 3.66. The van der Waals surface area contributed by atoms with Crippen LogP contribution in [0, 0.1) is 0 Å². The first-order chi connectivity index (χ1) is 8.93. The number of ether oxygens (including phenoxy) is 1. The van der Waals surface area contributed by atoms with Crippen molar-refractivity contribution in [3.8, 4) is 0 Å². The fourth-order valence-corrected chi connectivity index (χ4v) is 2.59. The van der Waals surface area contributed by atoms with Crippen molar-refractivity contribution in [3.05, 3.63) is 5.82 Å². The molecule has 2 aliphatic heterocycles. The van der Waals surface area contributed by atoms with E-state index in [4.69, 9.17) is 4.74 Å². The Morgan fingerprint density at radius 1 is 1.22 bits per heavy atom. The van der Waals surface area contributed by atoms with Gasteiger partial charge >= 0.3 is 0 Å². The van der Waals surface area contributed by atoms with E-state index < -0.39 is 0 Å². The summed E-state index contributed by atoms with van der Waals surface area (Å²) in [5.41, 5.74) is 0. The monoisotopic (exact) mass is 251 g/mol. The minimum atomic E-state index is 0.394. The van der Waals surface area contributed by atoms with Gasteiger partial charge in [-0.15, -0.1) is 5.10 Å². The first-order valence-electron chi connectivity index (χ1n) is 6.89. The average Bonchev–Trinajstić information content (AvgIpc) is 2.76. The molecule has 1 aromatic rings. The Labute approximate surface area is 107 Å². The minimum absolute atomic E-state index is 0.394. The molecule has 0 saturated carbocycles. The lowest BCUT2D eigenvalue weighted by Crippen LogP contribution is -2.28. The molecule has 6 nitrogen and oxygen atoms in total. The number of hydrogen-bond acceptors (Lipinski definition) is 5. The van der Waals surface area contributed by atoms with Gasteiger partial charge < -0.3 is 15.0 Å². The van der Waals surface area contributed by atoms with Crippen LogP contribution in [0.2, 0.25) is 0 Å². The number of aromatic nitrogens is 3. The first kappa shape index (κ1) is 11.9. The molecule has 0 aromatic carbocycles. The van der Waals surface area contributed by atoms with Crippen LogP contribution in [0.25, 0.3) is 0 Å². The summed E-state index contributed by atoms with van der Waals surface area (Å²) in [7, 11) is 0. The number of nitrogens with zero attached hydrogens (tertiary/aromatic N) is 3. The lowest BCUT2D eigenvalue weighted by Gasteiger charge is -2.20. The van der Waals surface area contributed by atoms with Crippen LogP contribution in [-0.4, -0.2) is 54.6 Å². The predicted octanol–water partition coefficient (Wildman–Crippen LogP) is 0.498. The van der Waals surface area contributed by atoms with Crippen LogP contribution >= 0.6 is 0 Å². The Hall–Kier alpha value is -1.14. The van der Waals surface area contributed by atoms with Crippen LogP contribution in [0.4, 0.5) is 5.95 Å². The topological polar surface area (TPSA) is 66.1 Å². The van der Waals surface area contributed by atoms with Crippen LogP contribution in [0.5, 0.6) is 0 Å². The summed E-state index contributed by atoms with van der Waals surface area (Å²) >= 11 is 0. The zero-order valence-electron chi connectivity index (χ0n) is 10.7. The van der Waals surface area contributed by atoms with Gasteiger partial charge in [0.1, 0.15) is 5.82 Å². The van der Waals surface area contributed by atoms with E-state index in [1.165, 1.54) is 0 Å². The molecule has 0 radical (unpaired) electrons. The lowest BCUT2D eigenvalue weighted by atomic mass is 10.0. The van der Waals surface area contributed by atoms with Gasteiger partial charge in [-0.1, -0.05) is 0 Å². The highest BCUT2D eigenvalue weighted by molar-refractivity contribution is 5.29. The van der Waals surface area contributed by atoms with Crippen molar-refractivity contribution in [2.75, 3.05) is 44.3 Å². The molecule has 3 rings (SSSR count). The summed E-state index contributed by atoms with van der Waals surface area (Å²) in [6, 6.07) is 0. The van der Waals surface area contributed by atoms with Crippen molar-refractivity contribution in [3.63, 3.8) is 0 Å². The molecule has 18 heavy (non-hydrogen) atoms. The summed E-state index contributed by atoms with van der Waals surface area (Å²) in [5, 5.41) is 10.8. The van der Waals surface area contributed by atoms with Gasteiger partial charge in [0.2, 0.25) is 5.95 Å². The molecule has 6 heteroatoms. The van der Waals surface area contributed by atoms with E-state index >= 15 is 0 Å². The summed E-state index contributed by atoms with van der Waals surface area (Å²) in [6.07, 6.45) is 3.42.